The maximum Gasteiger partial charge on any atom is 0.328 e. The van der Waals surface area contributed by atoms with Gasteiger partial charge in [-0.3, -0.25) is 9.59 Å². The van der Waals surface area contributed by atoms with E-state index >= 15 is 0 Å². The normalized spacial score (nSPS) is 13.9. The van der Waals surface area contributed by atoms with Gasteiger partial charge in [-0.25, -0.2) is 4.79 Å². The van der Waals surface area contributed by atoms with Crippen molar-refractivity contribution in [2.45, 2.75) is 24.9 Å². The van der Waals surface area contributed by atoms with Crippen LogP contribution in [0.15, 0.2) is 0 Å². The topological polar surface area (TPSA) is 156 Å². The molecule has 92 valence electrons. The Hall–Kier alpha value is -1.67. The summed E-state index contributed by atoms with van der Waals surface area (Å²) in [7, 11) is 0. The second kappa shape index (κ2) is 6.75. The zero-order chi connectivity index (χ0) is 12.7. The van der Waals surface area contributed by atoms with Crippen LogP contribution < -0.4 is 16.8 Å². The zero-order valence-corrected chi connectivity index (χ0v) is 8.55. The SMILES string of the molecule is NC(=O)CC[C@H](N)C(=O)N[C@H](CO)C(=O)O. The number of hydrogen-bond acceptors (Lipinski definition) is 5. The number of carboxylic acid groups (broad SMARTS) is 1. The smallest absolute Gasteiger partial charge is 0.328 e. The molecule has 0 heterocycles. The molecule has 0 saturated carbocycles. The molecule has 0 unspecified atom stereocenters. The first-order valence-corrected chi connectivity index (χ1v) is 4.56. The van der Waals surface area contributed by atoms with Crippen LogP contribution in [0.4, 0.5) is 0 Å². The molecule has 8 nitrogen and oxygen atoms in total. The first-order valence-electron chi connectivity index (χ1n) is 4.56. The summed E-state index contributed by atoms with van der Waals surface area (Å²) in [6, 6.07) is -2.42. The van der Waals surface area contributed by atoms with Crippen molar-refractivity contribution in [1.29, 1.82) is 0 Å². The molecule has 0 aromatic heterocycles. The Bertz CT molecular complexity index is 281. The Kier molecular flexibility index (Phi) is 6.04. The number of carbonyl (C=O) groups is 3. The maximum atomic E-state index is 11.3. The number of nitrogens with two attached hydrogens (primary N) is 2. The fourth-order valence-corrected chi connectivity index (χ4v) is 0.893. The minimum absolute atomic E-state index is 0.0267. The van der Waals surface area contributed by atoms with Crippen molar-refractivity contribution in [1.82, 2.24) is 5.32 Å². The Morgan fingerprint density at radius 1 is 1.31 bits per heavy atom. The van der Waals surface area contributed by atoms with Crippen LogP contribution in [0.3, 0.4) is 0 Å². The molecule has 0 bridgehead atoms. The summed E-state index contributed by atoms with van der Waals surface area (Å²) >= 11 is 0. The van der Waals surface area contributed by atoms with E-state index in [-0.39, 0.29) is 12.8 Å². The van der Waals surface area contributed by atoms with E-state index in [4.69, 9.17) is 21.7 Å². The zero-order valence-electron chi connectivity index (χ0n) is 8.55. The summed E-state index contributed by atoms with van der Waals surface area (Å²) in [5.41, 5.74) is 10.2. The van der Waals surface area contributed by atoms with E-state index in [1.807, 2.05) is 5.32 Å². The van der Waals surface area contributed by atoms with Gasteiger partial charge < -0.3 is 27.0 Å². The second-order valence-electron chi connectivity index (χ2n) is 3.19. The molecule has 16 heavy (non-hydrogen) atoms. The molecule has 0 aromatic carbocycles. The number of carbonyl (C=O) groups excluding carboxylic acids is 2. The Morgan fingerprint density at radius 2 is 1.88 bits per heavy atom. The van der Waals surface area contributed by atoms with Crippen molar-refractivity contribution in [2.24, 2.45) is 11.5 Å². The molecular weight excluding hydrogens is 218 g/mol. The van der Waals surface area contributed by atoms with E-state index in [0.717, 1.165) is 0 Å². The van der Waals surface area contributed by atoms with E-state index < -0.39 is 36.5 Å². The first-order chi connectivity index (χ1) is 7.38. The van der Waals surface area contributed by atoms with Crippen LogP contribution in [0.2, 0.25) is 0 Å². The van der Waals surface area contributed by atoms with Crippen LogP contribution >= 0.6 is 0 Å². The molecule has 2 atom stereocenters. The van der Waals surface area contributed by atoms with Crippen LogP contribution in [0, 0.1) is 0 Å². The van der Waals surface area contributed by atoms with Gasteiger partial charge in [0.25, 0.3) is 0 Å². The van der Waals surface area contributed by atoms with Crippen molar-refractivity contribution in [3.8, 4) is 0 Å². The average Bonchev–Trinajstić information content (AvgIpc) is 2.21. The number of aliphatic hydroxyl groups excluding tert-OH is 1. The summed E-state index contributed by atoms with van der Waals surface area (Å²) in [6.45, 7) is -0.733. The molecule has 0 fully saturated rings. The lowest BCUT2D eigenvalue weighted by molar-refractivity contribution is -0.143. The monoisotopic (exact) mass is 233 g/mol. The van der Waals surface area contributed by atoms with Gasteiger partial charge >= 0.3 is 5.97 Å². The van der Waals surface area contributed by atoms with Crippen molar-refractivity contribution in [3.63, 3.8) is 0 Å². The van der Waals surface area contributed by atoms with E-state index in [9.17, 15) is 14.4 Å². The largest absolute Gasteiger partial charge is 0.480 e. The number of amides is 2. The number of aliphatic hydroxyl groups is 1. The molecular formula is C8H15N3O5. The van der Waals surface area contributed by atoms with Crippen molar-refractivity contribution in [3.05, 3.63) is 0 Å². The van der Waals surface area contributed by atoms with Crippen LogP contribution in [-0.2, 0) is 14.4 Å². The molecule has 0 aromatic rings. The molecule has 0 aliphatic carbocycles. The molecule has 0 spiro atoms. The van der Waals surface area contributed by atoms with Gasteiger partial charge in [-0.2, -0.15) is 0 Å². The van der Waals surface area contributed by atoms with E-state index in [0.29, 0.717) is 0 Å². The number of carboxylic acids is 1. The second-order valence-corrected chi connectivity index (χ2v) is 3.19. The first kappa shape index (κ1) is 14.3. The van der Waals surface area contributed by atoms with Gasteiger partial charge in [-0.1, -0.05) is 0 Å². The Labute approximate surface area is 91.6 Å². The minimum atomic E-state index is -1.40. The van der Waals surface area contributed by atoms with Crippen molar-refractivity contribution < 1.29 is 24.6 Å². The lowest BCUT2D eigenvalue weighted by atomic mass is 10.1. The lowest BCUT2D eigenvalue weighted by Gasteiger charge is -2.15. The summed E-state index contributed by atoms with van der Waals surface area (Å²) in [4.78, 5) is 32.1. The number of primary amides is 1. The van der Waals surface area contributed by atoms with Crippen molar-refractivity contribution in [2.75, 3.05) is 6.61 Å². The number of hydrogen-bond donors (Lipinski definition) is 5. The Balaban J connectivity index is 4.13. The van der Waals surface area contributed by atoms with E-state index in [1.165, 1.54) is 0 Å². The van der Waals surface area contributed by atoms with E-state index in [2.05, 4.69) is 0 Å². The van der Waals surface area contributed by atoms with Crippen LogP contribution in [0.5, 0.6) is 0 Å². The highest BCUT2D eigenvalue weighted by molar-refractivity contribution is 5.87. The van der Waals surface area contributed by atoms with Crippen LogP contribution in [0.1, 0.15) is 12.8 Å². The predicted molar refractivity (Wildman–Crippen MR) is 53.1 cm³/mol. The highest BCUT2D eigenvalue weighted by atomic mass is 16.4. The van der Waals surface area contributed by atoms with Gasteiger partial charge in [0, 0.05) is 6.42 Å². The van der Waals surface area contributed by atoms with Crippen LogP contribution in [0.25, 0.3) is 0 Å². The summed E-state index contributed by atoms with van der Waals surface area (Å²) in [5, 5.41) is 19.2. The predicted octanol–water partition coefficient (Wildman–Crippen LogP) is -2.86. The van der Waals surface area contributed by atoms with Gasteiger partial charge in [-0.15, -0.1) is 0 Å². The van der Waals surface area contributed by atoms with Gasteiger partial charge in [0.05, 0.1) is 12.6 Å². The van der Waals surface area contributed by atoms with Gasteiger partial charge in [0.15, 0.2) is 0 Å². The highest BCUT2D eigenvalue weighted by Crippen LogP contribution is 1.95. The average molecular weight is 233 g/mol. The molecule has 0 saturated heterocycles. The molecule has 0 aliphatic rings. The van der Waals surface area contributed by atoms with Crippen LogP contribution in [-0.4, -0.2) is 46.7 Å². The van der Waals surface area contributed by atoms with Gasteiger partial charge in [0.1, 0.15) is 6.04 Å². The number of aliphatic carboxylic acids is 1. The lowest BCUT2D eigenvalue weighted by Crippen LogP contribution is -2.50. The third-order valence-electron chi connectivity index (χ3n) is 1.84. The molecule has 0 rings (SSSR count). The summed E-state index contributed by atoms with van der Waals surface area (Å²) in [5.74, 6) is -2.71. The number of rotatable bonds is 7. The quantitative estimate of drug-likeness (QED) is 0.318. The number of nitrogens with one attached hydrogen (secondary N) is 1. The van der Waals surface area contributed by atoms with Gasteiger partial charge in [-0.05, 0) is 6.42 Å². The third kappa shape index (κ3) is 5.27. The third-order valence-corrected chi connectivity index (χ3v) is 1.84. The fourth-order valence-electron chi connectivity index (χ4n) is 0.893. The summed E-state index contributed by atoms with van der Waals surface area (Å²) in [6.07, 6.45) is -0.0373. The fraction of sp³-hybridized carbons (Fsp3) is 0.625. The Morgan fingerprint density at radius 3 is 2.25 bits per heavy atom. The maximum absolute atomic E-state index is 11.3. The highest BCUT2D eigenvalue weighted by Gasteiger charge is 2.22. The molecule has 7 N–H and O–H groups in total. The van der Waals surface area contributed by atoms with E-state index in [1.54, 1.807) is 0 Å². The standard InChI is InChI=1S/C8H15N3O5/c9-4(1-2-6(10)13)7(14)11-5(3-12)8(15)16/h4-5,12H,1-3,9H2,(H2,10,13)(H,11,14)(H,15,16)/t4-,5+/m0/s1. The minimum Gasteiger partial charge on any atom is -0.480 e. The van der Waals surface area contributed by atoms with Crippen molar-refractivity contribution >= 4 is 17.8 Å². The molecule has 2 amide bonds. The summed E-state index contributed by atoms with van der Waals surface area (Å²) < 4.78 is 0. The molecule has 8 heteroatoms. The molecule has 0 radical (unpaired) electrons. The van der Waals surface area contributed by atoms with Gasteiger partial charge in [0.2, 0.25) is 11.8 Å². The molecule has 0 aliphatic heterocycles.